The van der Waals surface area contributed by atoms with Crippen LogP contribution in [0.25, 0.3) is 0 Å². The lowest BCUT2D eigenvalue weighted by atomic mass is 10.1. The highest BCUT2D eigenvalue weighted by molar-refractivity contribution is 6.00. The molecule has 0 aliphatic carbocycles. The van der Waals surface area contributed by atoms with Crippen molar-refractivity contribution in [1.82, 2.24) is 15.1 Å². The summed E-state index contributed by atoms with van der Waals surface area (Å²) < 4.78 is 1.88. The van der Waals surface area contributed by atoms with Crippen LogP contribution in [0.15, 0.2) is 36.4 Å². The van der Waals surface area contributed by atoms with Gasteiger partial charge in [-0.15, -0.1) is 0 Å². The van der Waals surface area contributed by atoms with Gasteiger partial charge >= 0.3 is 0 Å². The lowest BCUT2D eigenvalue weighted by molar-refractivity contribution is -0.126. The zero-order chi connectivity index (χ0) is 17.1. The summed E-state index contributed by atoms with van der Waals surface area (Å²) in [6.07, 6.45) is 0.257. The van der Waals surface area contributed by atoms with Gasteiger partial charge < -0.3 is 10.2 Å². The molecule has 1 unspecified atom stereocenters. The van der Waals surface area contributed by atoms with E-state index in [2.05, 4.69) is 10.4 Å². The molecule has 2 heterocycles. The molecule has 2 aromatic rings. The van der Waals surface area contributed by atoms with E-state index < -0.39 is 0 Å². The van der Waals surface area contributed by atoms with E-state index in [1.54, 1.807) is 4.90 Å². The van der Waals surface area contributed by atoms with Crippen LogP contribution < -0.4 is 10.2 Å². The van der Waals surface area contributed by atoms with Crippen LogP contribution in [0.4, 0.5) is 5.69 Å². The number of hydrogen-bond donors (Lipinski definition) is 1. The number of rotatable bonds is 5. The number of carbonyl (C=O) groups is 2. The maximum absolute atomic E-state index is 12.4. The van der Waals surface area contributed by atoms with Gasteiger partial charge in [0.05, 0.1) is 23.9 Å². The molecule has 1 aliphatic rings. The van der Waals surface area contributed by atoms with Crippen molar-refractivity contribution in [2.24, 2.45) is 5.92 Å². The molecule has 1 aromatic heterocycles. The Hall–Kier alpha value is -2.63. The Bertz CT molecular complexity index is 739. The molecule has 1 atom stereocenters. The van der Waals surface area contributed by atoms with Crippen LogP contribution in [0, 0.1) is 12.8 Å². The molecule has 6 heteroatoms. The number of amides is 2. The second kappa shape index (κ2) is 6.86. The van der Waals surface area contributed by atoms with Gasteiger partial charge in [-0.2, -0.15) is 5.10 Å². The number of aryl methyl sites for hydroxylation is 2. The normalized spacial score (nSPS) is 17.3. The van der Waals surface area contributed by atoms with Gasteiger partial charge in [-0.3, -0.25) is 14.3 Å². The second-order valence-electron chi connectivity index (χ2n) is 6.05. The number of anilines is 1. The summed E-state index contributed by atoms with van der Waals surface area (Å²) in [6.45, 7) is 5.59. The Balaban J connectivity index is 1.61. The molecule has 0 saturated carbocycles. The summed E-state index contributed by atoms with van der Waals surface area (Å²) >= 11 is 0. The SMILES string of the molecule is CCn1nc(C)cc1CNC(=O)C1CC(=O)N(c2ccccc2)C1. The lowest BCUT2D eigenvalue weighted by Gasteiger charge is -2.16. The van der Waals surface area contributed by atoms with Gasteiger partial charge in [0.25, 0.3) is 0 Å². The van der Waals surface area contributed by atoms with Crippen LogP contribution in [0.2, 0.25) is 0 Å². The molecule has 1 saturated heterocycles. The first-order valence-corrected chi connectivity index (χ1v) is 8.25. The van der Waals surface area contributed by atoms with E-state index >= 15 is 0 Å². The van der Waals surface area contributed by atoms with Crippen molar-refractivity contribution in [3.63, 3.8) is 0 Å². The topological polar surface area (TPSA) is 67.2 Å². The van der Waals surface area contributed by atoms with Crippen molar-refractivity contribution in [1.29, 1.82) is 0 Å². The Morgan fingerprint density at radius 3 is 2.79 bits per heavy atom. The van der Waals surface area contributed by atoms with E-state index in [-0.39, 0.29) is 24.2 Å². The van der Waals surface area contributed by atoms with Crippen molar-refractivity contribution >= 4 is 17.5 Å². The van der Waals surface area contributed by atoms with Gasteiger partial charge in [0, 0.05) is 25.2 Å². The Morgan fingerprint density at radius 2 is 2.08 bits per heavy atom. The number of nitrogens with one attached hydrogen (secondary N) is 1. The van der Waals surface area contributed by atoms with Crippen LogP contribution in [0.3, 0.4) is 0 Å². The minimum absolute atomic E-state index is 0.00389. The largest absolute Gasteiger partial charge is 0.350 e. The Morgan fingerprint density at radius 1 is 1.33 bits per heavy atom. The van der Waals surface area contributed by atoms with E-state index in [1.165, 1.54) is 0 Å². The van der Waals surface area contributed by atoms with Gasteiger partial charge in [-0.1, -0.05) is 18.2 Å². The monoisotopic (exact) mass is 326 g/mol. The minimum Gasteiger partial charge on any atom is -0.350 e. The number of aromatic nitrogens is 2. The molecule has 3 rings (SSSR count). The molecule has 1 N–H and O–H groups in total. The summed E-state index contributed by atoms with van der Waals surface area (Å²) in [6, 6.07) is 11.4. The summed E-state index contributed by atoms with van der Waals surface area (Å²) in [4.78, 5) is 26.3. The molecule has 2 amide bonds. The first-order valence-electron chi connectivity index (χ1n) is 8.25. The van der Waals surface area contributed by atoms with Crippen LogP contribution in [-0.2, 0) is 22.7 Å². The molecule has 6 nitrogen and oxygen atoms in total. The third-order valence-electron chi connectivity index (χ3n) is 4.29. The molecule has 0 spiro atoms. The van der Waals surface area contributed by atoms with E-state index in [9.17, 15) is 9.59 Å². The third kappa shape index (κ3) is 3.32. The first-order chi connectivity index (χ1) is 11.6. The van der Waals surface area contributed by atoms with Crippen LogP contribution in [-0.4, -0.2) is 28.1 Å². The van der Waals surface area contributed by atoms with Crippen LogP contribution in [0.1, 0.15) is 24.7 Å². The van der Waals surface area contributed by atoms with E-state index in [1.807, 2.05) is 54.9 Å². The first kappa shape index (κ1) is 16.2. The third-order valence-corrected chi connectivity index (χ3v) is 4.29. The lowest BCUT2D eigenvalue weighted by Crippen LogP contribution is -2.33. The molecule has 1 aromatic carbocycles. The smallest absolute Gasteiger partial charge is 0.227 e. The quantitative estimate of drug-likeness (QED) is 0.912. The van der Waals surface area contributed by atoms with Crippen molar-refractivity contribution in [3.05, 3.63) is 47.8 Å². The van der Waals surface area contributed by atoms with Gasteiger partial charge in [0.2, 0.25) is 11.8 Å². The van der Waals surface area contributed by atoms with Gasteiger partial charge in [0.1, 0.15) is 0 Å². The van der Waals surface area contributed by atoms with Gasteiger partial charge in [0.15, 0.2) is 0 Å². The van der Waals surface area contributed by atoms with Crippen molar-refractivity contribution in [2.75, 3.05) is 11.4 Å². The molecule has 126 valence electrons. The fourth-order valence-corrected chi connectivity index (χ4v) is 3.08. The van der Waals surface area contributed by atoms with E-state index in [0.717, 1.165) is 23.6 Å². The standard InChI is InChI=1S/C18H22N4O2/c1-3-22-16(9-13(2)20-22)11-19-18(24)14-10-17(23)21(12-14)15-7-5-4-6-8-15/h4-9,14H,3,10-12H2,1-2H3,(H,19,24). The van der Waals surface area contributed by atoms with Crippen molar-refractivity contribution in [2.45, 2.75) is 33.4 Å². The highest BCUT2D eigenvalue weighted by Crippen LogP contribution is 2.24. The molecule has 0 radical (unpaired) electrons. The molecule has 24 heavy (non-hydrogen) atoms. The second-order valence-corrected chi connectivity index (χ2v) is 6.05. The predicted octanol–water partition coefficient (Wildman–Crippen LogP) is 1.88. The van der Waals surface area contributed by atoms with Gasteiger partial charge in [-0.25, -0.2) is 0 Å². The average molecular weight is 326 g/mol. The fraction of sp³-hybridized carbons (Fsp3) is 0.389. The molecule has 1 fully saturated rings. The highest BCUT2D eigenvalue weighted by Gasteiger charge is 2.34. The fourth-order valence-electron chi connectivity index (χ4n) is 3.08. The summed E-state index contributed by atoms with van der Waals surface area (Å²) in [7, 11) is 0. The van der Waals surface area contributed by atoms with Crippen molar-refractivity contribution in [3.8, 4) is 0 Å². The Labute approximate surface area is 141 Å². The predicted molar refractivity (Wildman–Crippen MR) is 91.4 cm³/mol. The zero-order valence-electron chi connectivity index (χ0n) is 14.0. The minimum atomic E-state index is -0.309. The maximum atomic E-state index is 12.4. The summed E-state index contributed by atoms with van der Waals surface area (Å²) in [5.74, 6) is -0.393. The number of benzene rings is 1. The molecular weight excluding hydrogens is 304 g/mol. The Kier molecular flexibility index (Phi) is 4.64. The summed E-state index contributed by atoms with van der Waals surface area (Å²) in [5.41, 5.74) is 2.76. The van der Waals surface area contributed by atoms with Crippen LogP contribution >= 0.6 is 0 Å². The summed E-state index contributed by atoms with van der Waals surface area (Å²) in [5, 5.41) is 7.31. The van der Waals surface area contributed by atoms with E-state index in [4.69, 9.17) is 0 Å². The van der Waals surface area contributed by atoms with Gasteiger partial charge in [-0.05, 0) is 32.0 Å². The number of para-hydroxylation sites is 1. The number of hydrogen-bond acceptors (Lipinski definition) is 3. The number of carbonyl (C=O) groups excluding carboxylic acids is 2. The van der Waals surface area contributed by atoms with Crippen molar-refractivity contribution < 1.29 is 9.59 Å². The number of nitrogens with zero attached hydrogens (tertiary/aromatic N) is 3. The van der Waals surface area contributed by atoms with Crippen LogP contribution in [0.5, 0.6) is 0 Å². The molecular formula is C18H22N4O2. The highest BCUT2D eigenvalue weighted by atomic mass is 16.2. The molecule has 1 aliphatic heterocycles. The molecule has 0 bridgehead atoms. The zero-order valence-corrected chi connectivity index (χ0v) is 14.0. The maximum Gasteiger partial charge on any atom is 0.227 e. The average Bonchev–Trinajstić information content (AvgIpc) is 3.16. The van der Waals surface area contributed by atoms with E-state index in [0.29, 0.717) is 13.1 Å².